The summed E-state index contributed by atoms with van der Waals surface area (Å²) in [5.74, 6) is -1.22. The molecule has 2 unspecified atom stereocenters. The van der Waals surface area contributed by atoms with Crippen LogP contribution in [0.3, 0.4) is 0 Å². The predicted octanol–water partition coefficient (Wildman–Crippen LogP) is 0.276. The molecule has 7 nitrogen and oxygen atoms in total. The third-order valence-corrected chi connectivity index (χ3v) is 4.65. The number of rotatable bonds is 3. The Bertz CT molecular complexity index is 635. The molecule has 138 valence electrons. The van der Waals surface area contributed by atoms with E-state index in [0.717, 1.165) is 6.20 Å². The summed E-state index contributed by atoms with van der Waals surface area (Å²) in [6.07, 6.45) is -4.53. The van der Waals surface area contributed by atoms with Gasteiger partial charge in [-0.25, -0.2) is 9.97 Å². The van der Waals surface area contributed by atoms with Crippen molar-refractivity contribution < 1.29 is 28.2 Å². The molecule has 2 N–H and O–H groups in total. The van der Waals surface area contributed by atoms with Crippen molar-refractivity contribution in [1.82, 2.24) is 14.9 Å². The molecule has 2 aliphatic heterocycles. The fraction of sp³-hybridized carbons (Fsp3) is 0.667. The van der Waals surface area contributed by atoms with Crippen LogP contribution in [0.5, 0.6) is 0 Å². The number of aliphatic hydroxyl groups is 2. The molecular weight excluding hydrogens is 341 g/mol. The molecule has 0 radical (unpaired) electrons. The molecule has 0 aliphatic carbocycles. The zero-order chi connectivity index (χ0) is 18.2. The van der Waals surface area contributed by atoms with E-state index in [0.29, 0.717) is 32.5 Å². The SMILES string of the molecule is O=C1C(O)C(O)CN1CC1CCN(c2ccnc(C(F)(F)F)n2)CC1. The van der Waals surface area contributed by atoms with E-state index in [1.54, 1.807) is 4.90 Å². The second-order valence-electron chi connectivity index (χ2n) is 6.42. The number of hydrogen-bond donors (Lipinski definition) is 2. The summed E-state index contributed by atoms with van der Waals surface area (Å²) in [6.45, 7) is 1.58. The molecule has 2 atom stereocenters. The quantitative estimate of drug-likeness (QED) is 0.805. The summed E-state index contributed by atoms with van der Waals surface area (Å²) in [5, 5.41) is 19.0. The summed E-state index contributed by atoms with van der Waals surface area (Å²) in [7, 11) is 0. The van der Waals surface area contributed by atoms with Gasteiger partial charge in [0.1, 0.15) is 11.9 Å². The average Bonchev–Trinajstić information content (AvgIpc) is 2.82. The normalized spacial score (nSPS) is 25.7. The molecule has 1 aromatic heterocycles. The van der Waals surface area contributed by atoms with Crippen LogP contribution in [0, 0.1) is 5.92 Å². The lowest BCUT2D eigenvalue weighted by molar-refractivity contribution is -0.144. The van der Waals surface area contributed by atoms with Crippen molar-refractivity contribution in [1.29, 1.82) is 0 Å². The molecular formula is C15H19F3N4O3. The first-order valence-electron chi connectivity index (χ1n) is 8.06. The van der Waals surface area contributed by atoms with Crippen LogP contribution in [0.4, 0.5) is 19.0 Å². The highest BCUT2D eigenvalue weighted by Crippen LogP contribution is 2.29. The van der Waals surface area contributed by atoms with E-state index in [1.807, 2.05) is 0 Å². The van der Waals surface area contributed by atoms with Crippen LogP contribution in [0.2, 0.25) is 0 Å². The first-order valence-corrected chi connectivity index (χ1v) is 8.06. The summed E-state index contributed by atoms with van der Waals surface area (Å²) in [6, 6.07) is 1.45. The average molecular weight is 360 g/mol. The Morgan fingerprint density at radius 2 is 1.92 bits per heavy atom. The van der Waals surface area contributed by atoms with Crippen LogP contribution >= 0.6 is 0 Å². The third kappa shape index (κ3) is 3.84. The third-order valence-electron chi connectivity index (χ3n) is 4.65. The van der Waals surface area contributed by atoms with Gasteiger partial charge in [-0.1, -0.05) is 0 Å². The number of hydrogen-bond acceptors (Lipinski definition) is 6. The van der Waals surface area contributed by atoms with E-state index in [4.69, 9.17) is 0 Å². The highest BCUT2D eigenvalue weighted by Gasteiger charge is 2.39. The van der Waals surface area contributed by atoms with Gasteiger partial charge in [-0.15, -0.1) is 0 Å². The molecule has 1 amide bonds. The van der Waals surface area contributed by atoms with Crippen molar-refractivity contribution in [3.63, 3.8) is 0 Å². The first kappa shape index (κ1) is 17.9. The molecule has 2 aliphatic rings. The zero-order valence-electron chi connectivity index (χ0n) is 13.4. The number of anilines is 1. The summed E-state index contributed by atoms with van der Waals surface area (Å²) in [5.41, 5.74) is 0. The lowest BCUT2D eigenvalue weighted by Gasteiger charge is -2.34. The van der Waals surface area contributed by atoms with Gasteiger partial charge in [-0.05, 0) is 24.8 Å². The highest BCUT2D eigenvalue weighted by molar-refractivity contribution is 5.83. The predicted molar refractivity (Wildman–Crippen MR) is 80.6 cm³/mol. The van der Waals surface area contributed by atoms with Gasteiger partial charge in [-0.2, -0.15) is 13.2 Å². The number of aromatic nitrogens is 2. The van der Waals surface area contributed by atoms with Crippen molar-refractivity contribution in [3.05, 3.63) is 18.1 Å². The Kier molecular flexibility index (Phi) is 4.83. The second-order valence-corrected chi connectivity index (χ2v) is 6.42. The van der Waals surface area contributed by atoms with E-state index in [2.05, 4.69) is 9.97 Å². The van der Waals surface area contributed by atoms with E-state index in [-0.39, 0.29) is 18.3 Å². The Morgan fingerprint density at radius 3 is 2.48 bits per heavy atom. The zero-order valence-corrected chi connectivity index (χ0v) is 13.4. The largest absolute Gasteiger partial charge is 0.451 e. The first-order chi connectivity index (χ1) is 11.8. The van der Waals surface area contributed by atoms with Crippen molar-refractivity contribution in [2.24, 2.45) is 5.92 Å². The van der Waals surface area contributed by atoms with Crippen molar-refractivity contribution in [2.45, 2.75) is 31.2 Å². The number of amides is 1. The van der Waals surface area contributed by atoms with Crippen LogP contribution in [0.1, 0.15) is 18.7 Å². The fourth-order valence-electron chi connectivity index (χ4n) is 3.25. The van der Waals surface area contributed by atoms with E-state index < -0.39 is 30.1 Å². The number of likely N-dealkylation sites (tertiary alicyclic amines) is 1. The molecule has 0 bridgehead atoms. The second kappa shape index (κ2) is 6.75. The number of halogens is 3. The molecule has 25 heavy (non-hydrogen) atoms. The number of carbonyl (C=O) groups is 1. The monoisotopic (exact) mass is 360 g/mol. The number of aliphatic hydroxyl groups excluding tert-OH is 2. The van der Waals surface area contributed by atoms with Gasteiger partial charge < -0.3 is 20.0 Å². The summed E-state index contributed by atoms with van der Waals surface area (Å²) >= 11 is 0. The van der Waals surface area contributed by atoms with Crippen LogP contribution in [-0.2, 0) is 11.0 Å². The fourth-order valence-corrected chi connectivity index (χ4v) is 3.25. The Labute approximate surface area is 142 Å². The topological polar surface area (TPSA) is 89.8 Å². The number of alkyl halides is 3. The van der Waals surface area contributed by atoms with Crippen molar-refractivity contribution in [2.75, 3.05) is 31.1 Å². The number of carbonyl (C=O) groups excluding carboxylic acids is 1. The minimum Gasteiger partial charge on any atom is -0.388 e. The minimum absolute atomic E-state index is 0.112. The number of β-amino-alcohol motifs (C(OH)–C–C–N with tert-alkyl or cyclic N) is 1. The maximum Gasteiger partial charge on any atom is 0.451 e. The van der Waals surface area contributed by atoms with Crippen molar-refractivity contribution in [3.8, 4) is 0 Å². The number of piperidine rings is 1. The maximum atomic E-state index is 12.7. The van der Waals surface area contributed by atoms with Gasteiger partial charge in [-0.3, -0.25) is 4.79 Å². The Morgan fingerprint density at radius 1 is 1.24 bits per heavy atom. The minimum atomic E-state index is -4.58. The molecule has 0 spiro atoms. The Balaban J connectivity index is 1.57. The lowest BCUT2D eigenvalue weighted by atomic mass is 9.96. The summed E-state index contributed by atoms with van der Waals surface area (Å²) < 4.78 is 38.1. The van der Waals surface area contributed by atoms with Crippen LogP contribution in [0.25, 0.3) is 0 Å². The molecule has 0 aromatic carbocycles. The smallest absolute Gasteiger partial charge is 0.388 e. The maximum absolute atomic E-state index is 12.7. The van der Waals surface area contributed by atoms with Crippen LogP contribution < -0.4 is 4.90 Å². The molecule has 2 fully saturated rings. The lowest BCUT2D eigenvalue weighted by Crippen LogP contribution is -2.40. The van der Waals surface area contributed by atoms with Gasteiger partial charge in [0.05, 0.1) is 0 Å². The highest BCUT2D eigenvalue weighted by atomic mass is 19.4. The van der Waals surface area contributed by atoms with E-state index in [1.165, 1.54) is 11.0 Å². The van der Waals surface area contributed by atoms with E-state index >= 15 is 0 Å². The Hall–Kier alpha value is -1.94. The van der Waals surface area contributed by atoms with Gasteiger partial charge in [0.2, 0.25) is 5.82 Å². The van der Waals surface area contributed by atoms with Gasteiger partial charge in [0, 0.05) is 32.4 Å². The van der Waals surface area contributed by atoms with Gasteiger partial charge >= 0.3 is 6.18 Å². The van der Waals surface area contributed by atoms with Crippen molar-refractivity contribution >= 4 is 11.7 Å². The van der Waals surface area contributed by atoms with Gasteiger partial charge in [0.15, 0.2) is 6.10 Å². The van der Waals surface area contributed by atoms with Crippen LogP contribution in [0.15, 0.2) is 12.3 Å². The molecule has 0 saturated carbocycles. The molecule has 3 heterocycles. The molecule has 10 heteroatoms. The standard InChI is InChI=1S/C15H19F3N4O3/c16-15(17,18)14-19-4-1-11(20-14)21-5-2-9(3-6-21)7-22-8-10(23)12(24)13(22)25/h1,4,9-10,12,23-24H,2-3,5-8H2. The molecule has 3 rings (SSSR count). The summed E-state index contributed by atoms with van der Waals surface area (Å²) in [4.78, 5) is 21.8. The van der Waals surface area contributed by atoms with Crippen LogP contribution in [-0.4, -0.2) is 69.4 Å². The van der Waals surface area contributed by atoms with Gasteiger partial charge in [0.25, 0.3) is 5.91 Å². The molecule has 2 saturated heterocycles. The van der Waals surface area contributed by atoms with E-state index in [9.17, 15) is 28.2 Å². The molecule has 1 aromatic rings. The number of nitrogens with zero attached hydrogens (tertiary/aromatic N) is 4.